The molecule has 1 amide bonds. The monoisotopic (exact) mass is 404 g/mol. The van der Waals surface area contributed by atoms with Crippen LogP contribution in [0.25, 0.3) is 11.3 Å². The second-order valence-corrected chi connectivity index (χ2v) is 7.43. The van der Waals surface area contributed by atoms with Gasteiger partial charge in [-0.05, 0) is 36.6 Å². The minimum atomic E-state index is -0.511. The van der Waals surface area contributed by atoms with Crippen LogP contribution in [-0.4, -0.2) is 33.2 Å². The largest absolute Gasteiger partial charge is 0.371 e. The van der Waals surface area contributed by atoms with E-state index >= 15 is 0 Å². The average molecular weight is 404 g/mol. The number of ether oxygens (including phenoxy) is 1. The number of pyridine rings is 1. The third-order valence-electron chi connectivity index (χ3n) is 5.35. The number of hydrogen-bond acceptors (Lipinski definition) is 5. The molecule has 2 N–H and O–H groups in total. The maximum absolute atomic E-state index is 12.9. The number of H-pyrrole nitrogens is 1. The van der Waals surface area contributed by atoms with Crippen LogP contribution in [0.2, 0.25) is 0 Å². The molecule has 4 rings (SSSR count). The third kappa shape index (κ3) is 4.80. The Morgan fingerprint density at radius 2 is 1.87 bits per heavy atom. The SMILES string of the molecule is O=C(N[C@@H]1CCCC[C@H]1OCc1ccccc1)c1cc(-c2ccncc2)n[nH]c1=O. The molecule has 154 valence electrons. The molecule has 0 saturated heterocycles. The van der Waals surface area contributed by atoms with E-state index in [1.807, 2.05) is 30.3 Å². The summed E-state index contributed by atoms with van der Waals surface area (Å²) in [5, 5.41) is 9.49. The highest BCUT2D eigenvalue weighted by molar-refractivity contribution is 5.94. The average Bonchev–Trinajstić information content (AvgIpc) is 2.80. The number of carbonyl (C=O) groups excluding carboxylic acids is 1. The highest BCUT2D eigenvalue weighted by Crippen LogP contribution is 2.23. The van der Waals surface area contributed by atoms with Gasteiger partial charge in [-0.25, -0.2) is 5.10 Å². The zero-order chi connectivity index (χ0) is 20.8. The minimum Gasteiger partial charge on any atom is -0.371 e. The molecule has 30 heavy (non-hydrogen) atoms. The molecule has 0 radical (unpaired) electrons. The fraction of sp³-hybridized carbons (Fsp3) is 0.304. The lowest BCUT2D eigenvalue weighted by molar-refractivity contribution is -0.00463. The standard InChI is InChI=1S/C23H24N4O3/c28-22(18-14-20(26-27-23(18)29)17-10-12-24-13-11-17)25-19-8-4-5-9-21(19)30-15-16-6-2-1-3-7-16/h1-3,6-7,10-14,19,21H,4-5,8-9,15H2,(H,25,28)(H,27,29)/t19-,21-/m1/s1. The van der Waals surface area contributed by atoms with Gasteiger partial charge in [0.25, 0.3) is 11.5 Å². The van der Waals surface area contributed by atoms with Crippen molar-refractivity contribution in [3.05, 3.63) is 82.4 Å². The molecule has 0 unspecified atom stereocenters. The molecule has 1 saturated carbocycles. The van der Waals surface area contributed by atoms with Gasteiger partial charge in [-0.1, -0.05) is 43.2 Å². The summed E-state index contributed by atoms with van der Waals surface area (Å²) in [5.74, 6) is -0.408. The van der Waals surface area contributed by atoms with Gasteiger partial charge in [0.2, 0.25) is 0 Å². The Morgan fingerprint density at radius 1 is 1.10 bits per heavy atom. The Kier molecular flexibility index (Phi) is 6.29. The molecule has 7 heteroatoms. The van der Waals surface area contributed by atoms with Crippen LogP contribution in [0, 0.1) is 0 Å². The van der Waals surface area contributed by atoms with E-state index < -0.39 is 11.5 Å². The zero-order valence-corrected chi connectivity index (χ0v) is 16.6. The Balaban J connectivity index is 1.47. The Labute approximate surface area is 174 Å². The first-order valence-corrected chi connectivity index (χ1v) is 10.2. The maximum atomic E-state index is 12.9. The van der Waals surface area contributed by atoms with E-state index in [9.17, 15) is 9.59 Å². The normalized spacial score (nSPS) is 18.7. The zero-order valence-electron chi connectivity index (χ0n) is 16.6. The summed E-state index contributed by atoms with van der Waals surface area (Å²) in [5.41, 5.74) is 1.92. The number of aromatic amines is 1. The molecule has 0 aliphatic heterocycles. The van der Waals surface area contributed by atoms with Crippen molar-refractivity contribution < 1.29 is 9.53 Å². The number of benzene rings is 1. The molecule has 7 nitrogen and oxygen atoms in total. The third-order valence-corrected chi connectivity index (χ3v) is 5.35. The number of nitrogens with zero attached hydrogens (tertiary/aromatic N) is 2. The van der Waals surface area contributed by atoms with Crippen LogP contribution < -0.4 is 10.9 Å². The second kappa shape index (κ2) is 9.45. The van der Waals surface area contributed by atoms with Crippen LogP contribution in [0.5, 0.6) is 0 Å². The van der Waals surface area contributed by atoms with Gasteiger partial charge in [-0.3, -0.25) is 14.6 Å². The van der Waals surface area contributed by atoms with Crippen molar-refractivity contribution in [2.75, 3.05) is 0 Å². The van der Waals surface area contributed by atoms with Crippen molar-refractivity contribution in [3.8, 4) is 11.3 Å². The van der Waals surface area contributed by atoms with Crippen molar-refractivity contribution in [1.29, 1.82) is 0 Å². The van der Waals surface area contributed by atoms with Crippen molar-refractivity contribution in [2.24, 2.45) is 0 Å². The lowest BCUT2D eigenvalue weighted by Crippen LogP contribution is -2.47. The van der Waals surface area contributed by atoms with Gasteiger partial charge >= 0.3 is 0 Å². The molecule has 1 fully saturated rings. The first-order valence-electron chi connectivity index (χ1n) is 10.2. The maximum Gasteiger partial charge on any atom is 0.277 e. The topological polar surface area (TPSA) is 97.0 Å². The summed E-state index contributed by atoms with van der Waals surface area (Å²) in [6.07, 6.45) is 6.98. The number of aromatic nitrogens is 3. The van der Waals surface area contributed by atoms with Gasteiger partial charge in [0, 0.05) is 18.0 Å². The molecule has 2 aromatic heterocycles. The van der Waals surface area contributed by atoms with E-state index in [1.165, 1.54) is 6.07 Å². The quantitative estimate of drug-likeness (QED) is 0.658. The molecule has 3 aromatic rings. The first-order chi connectivity index (χ1) is 14.7. The Hall–Kier alpha value is -3.32. The van der Waals surface area contributed by atoms with Crippen molar-refractivity contribution >= 4 is 5.91 Å². The summed E-state index contributed by atoms with van der Waals surface area (Å²) in [6, 6.07) is 14.9. The number of amides is 1. The summed E-state index contributed by atoms with van der Waals surface area (Å²) < 4.78 is 6.12. The van der Waals surface area contributed by atoms with E-state index in [0.717, 1.165) is 36.8 Å². The summed E-state index contributed by atoms with van der Waals surface area (Å²) in [6.45, 7) is 0.500. The van der Waals surface area contributed by atoms with Crippen molar-refractivity contribution in [3.63, 3.8) is 0 Å². The molecule has 1 aromatic carbocycles. The number of rotatable bonds is 6. The van der Waals surface area contributed by atoms with Crippen LogP contribution in [-0.2, 0) is 11.3 Å². The van der Waals surface area contributed by atoms with Crippen LogP contribution in [0.15, 0.2) is 65.7 Å². The molecular formula is C23H24N4O3. The fourth-order valence-electron chi connectivity index (χ4n) is 3.73. The van der Waals surface area contributed by atoms with Crippen LogP contribution in [0.1, 0.15) is 41.6 Å². The van der Waals surface area contributed by atoms with E-state index in [-0.39, 0.29) is 17.7 Å². The number of nitrogens with one attached hydrogen (secondary N) is 2. The molecule has 1 aliphatic carbocycles. The predicted octanol–water partition coefficient (Wildman–Crippen LogP) is 3.09. The number of hydrogen-bond donors (Lipinski definition) is 2. The summed E-state index contributed by atoms with van der Waals surface area (Å²) in [7, 11) is 0. The van der Waals surface area contributed by atoms with Crippen molar-refractivity contribution in [1.82, 2.24) is 20.5 Å². The lowest BCUT2D eigenvalue weighted by atomic mass is 9.92. The Bertz CT molecular complexity index is 1040. The fourth-order valence-corrected chi connectivity index (χ4v) is 3.73. The van der Waals surface area contributed by atoms with Gasteiger partial charge < -0.3 is 10.1 Å². The van der Waals surface area contributed by atoms with E-state index in [2.05, 4.69) is 20.5 Å². The second-order valence-electron chi connectivity index (χ2n) is 7.43. The summed E-state index contributed by atoms with van der Waals surface area (Å²) in [4.78, 5) is 29.1. The highest BCUT2D eigenvalue weighted by Gasteiger charge is 2.28. The Morgan fingerprint density at radius 3 is 2.67 bits per heavy atom. The van der Waals surface area contributed by atoms with Crippen LogP contribution in [0.4, 0.5) is 0 Å². The first kappa shape index (κ1) is 20.0. The van der Waals surface area contributed by atoms with Crippen LogP contribution in [0.3, 0.4) is 0 Å². The molecule has 1 aliphatic rings. The summed E-state index contributed by atoms with van der Waals surface area (Å²) >= 11 is 0. The molecule has 0 spiro atoms. The van der Waals surface area contributed by atoms with E-state index in [0.29, 0.717) is 12.3 Å². The molecule has 0 bridgehead atoms. The van der Waals surface area contributed by atoms with Crippen molar-refractivity contribution in [2.45, 2.75) is 44.4 Å². The van der Waals surface area contributed by atoms with E-state index in [1.54, 1.807) is 24.5 Å². The molecule has 2 atom stereocenters. The van der Waals surface area contributed by atoms with Gasteiger partial charge in [0.1, 0.15) is 5.56 Å². The molecular weight excluding hydrogens is 380 g/mol. The van der Waals surface area contributed by atoms with Gasteiger partial charge in [-0.2, -0.15) is 5.10 Å². The van der Waals surface area contributed by atoms with Gasteiger partial charge in [0.05, 0.1) is 24.4 Å². The minimum absolute atomic E-state index is 0.0456. The smallest absolute Gasteiger partial charge is 0.277 e. The molecule has 2 heterocycles. The van der Waals surface area contributed by atoms with Gasteiger partial charge in [-0.15, -0.1) is 0 Å². The van der Waals surface area contributed by atoms with E-state index in [4.69, 9.17) is 4.74 Å². The van der Waals surface area contributed by atoms with Gasteiger partial charge in [0.15, 0.2) is 0 Å². The number of carbonyl (C=O) groups is 1. The lowest BCUT2D eigenvalue weighted by Gasteiger charge is -2.32. The van der Waals surface area contributed by atoms with Crippen LogP contribution >= 0.6 is 0 Å². The predicted molar refractivity (Wildman–Crippen MR) is 113 cm³/mol. The highest BCUT2D eigenvalue weighted by atomic mass is 16.5.